The second kappa shape index (κ2) is 7.11. The summed E-state index contributed by atoms with van der Waals surface area (Å²) in [6, 6.07) is 10.3. The van der Waals surface area contributed by atoms with Crippen LogP contribution in [0.3, 0.4) is 0 Å². The lowest BCUT2D eigenvalue weighted by Crippen LogP contribution is -2.39. The highest BCUT2D eigenvalue weighted by Gasteiger charge is 2.18. The maximum Gasteiger partial charge on any atom is 0.143 e. The Labute approximate surface area is 131 Å². The van der Waals surface area contributed by atoms with E-state index in [0.29, 0.717) is 6.42 Å². The second-order valence-corrected chi connectivity index (χ2v) is 5.87. The van der Waals surface area contributed by atoms with Crippen LogP contribution in [0.5, 0.6) is 0 Å². The number of aryl methyl sites for hydroxylation is 1. The van der Waals surface area contributed by atoms with Gasteiger partial charge in [-0.05, 0) is 59.0 Å². The summed E-state index contributed by atoms with van der Waals surface area (Å²) < 4.78 is 28.1. The predicted octanol–water partition coefficient (Wildman–Crippen LogP) is 3.65. The van der Waals surface area contributed by atoms with Gasteiger partial charge >= 0.3 is 0 Å². The number of rotatable bonds is 5. The van der Waals surface area contributed by atoms with Gasteiger partial charge in [-0.2, -0.15) is 0 Å². The van der Waals surface area contributed by atoms with E-state index in [9.17, 15) is 8.78 Å². The van der Waals surface area contributed by atoms with Gasteiger partial charge in [-0.15, -0.1) is 0 Å². The minimum atomic E-state index is -0.569. The molecule has 1 unspecified atom stereocenters. The zero-order valence-corrected chi connectivity index (χ0v) is 13.3. The van der Waals surface area contributed by atoms with Crippen LogP contribution in [0.2, 0.25) is 0 Å². The van der Waals surface area contributed by atoms with Crippen molar-refractivity contribution < 1.29 is 8.78 Å². The maximum atomic E-state index is 14.0. The van der Waals surface area contributed by atoms with Gasteiger partial charge in [0.1, 0.15) is 11.6 Å². The molecule has 3 N–H and O–H groups in total. The molecule has 0 aliphatic rings. The Hall–Kier alpha value is -1.30. The minimum absolute atomic E-state index is 0.0425. The van der Waals surface area contributed by atoms with Gasteiger partial charge in [0, 0.05) is 11.6 Å². The molecule has 1 atom stereocenters. The standard InChI is InChI=1S/C16H17BrF2N2/c1-10-4-2-3-5-11(10)8-12(21-20)9-13-15(18)7-6-14(17)16(13)19/h2-7,12,21H,8-9,20H2,1H3. The Balaban J connectivity index is 2.21. The van der Waals surface area contributed by atoms with E-state index in [1.54, 1.807) is 0 Å². The van der Waals surface area contributed by atoms with Crippen molar-refractivity contribution in [1.29, 1.82) is 0 Å². The molecular weight excluding hydrogens is 338 g/mol. The molecule has 2 aromatic carbocycles. The average molecular weight is 355 g/mol. The van der Waals surface area contributed by atoms with Gasteiger partial charge in [0.05, 0.1) is 4.47 Å². The molecular formula is C16H17BrF2N2. The Morgan fingerprint density at radius 1 is 1.14 bits per heavy atom. The van der Waals surface area contributed by atoms with Crippen molar-refractivity contribution in [3.63, 3.8) is 0 Å². The van der Waals surface area contributed by atoms with E-state index in [0.717, 1.165) is 11.1 Å². The number of hydrazine groups is 1. The van der Waals surface area contributed by atoms with Crippen LogP contribution in [0.1, 0.15) is 16.7 Å². The Morgan fingerprint density at radius 2 is 1.86 bits per heavy atom. The fourth-order valence-corrected chi connectivity index (χ4v) is 2.67. The van der Waals surface area contributed by atoms with E-state index in [2.05, 4.69) is 21.4 Å². The van der Waals surface area contributed by atoms with Gasteiger partial charge in [-0.3, -0.25) is 11.3 Å². The first kappa shape index (κ1) is 16.1. The predicted molar refractivity (Wildman–Crippen MR) is 83.8 cm³/mol. The topological polar surface area (TPSA) is 38.0 Å². The van der Waals surface area contributed by atoms with Crippen molar-refractivity contribution in [1.82, 2.24) is 5.43 Å². The first-order valence-corrected chi connectivity index (χ1v) is 7.45. The number of halogens is 3. The highest BCUT2D eigenvalue weighted by atomic mass is 79.9. The summed E-state index contributed by atoms with van der Waals surface area (Å²) in [6.45, 7) is 2.00. The molecule has 0 heterocycles. The van der Waals surface area contributed by atoms with Gasteiger partial charge in [0.25, 0.3) is 0 Å². The van der Waals surface area contributed by atoms with Crippen molar-refractivity contribution >= 4 is 15.9 Å². The number of nitrogens with two attached hydrogens (primary N) is 1. The van der Waals surface area contributed by atoms with Crippen LogP contribution in [-0.4, -0.2) is 6.04 Å². The molecule has 0 aliphatic carbocycles. The van der Waals surface area contributed by atoms with Crippen molar-refractivity contribution in [3.05, 3.63) is 69.2 Å². The number of benzene rings is 2. The van der Waals surface area contributed by atoms with Gasteiger partial charge in [-0.1, -0.05) is 24.3 Å². The van der Waals surface area contributed by atoms with E-state index in [-0.39, 0.29) is 22.5 Å². The lowest BCUT2D eigenvalue weighted by atomic mass is 9.96. The zero-order valence-electron chi connectivity index (χ0n) is 11.7. The molecule has 0 saturated heterocycles. The fourth-order valence-electron chi connectivity index (χ4n) is 2.30. The van der Waals surface area contributed by atoms with Crippen LogP contribution in [0.25, 0.3) is 0 Å². The molecule has 0 amide bonds. The monoisotopic (exact) mass is 354 g/mol. The quantitative estimate of drug-likeness (QED) is 0.488. The Morgan fingerprint density at radius 3 is 2.52 bits per heavy atom. The van der Waals surface area contributed by atoms with Gasteiger partial charge < -0.3 is 0 Å². The van der Waals surface area contributed by atoms with Crippen molar-refractivity contribution in [2.45, 2.75) is 25.8 Å². The molecule has 0 spiro atoms. The summed E-state index contributed by atoms with van der Waals surface area (Å²) >= 11 is 3.08. The summed E-state index contributed by atoms with van der Waals surface area (Å²) in [5.74, 6) is 4.43. The summed E-state index contributed by atoms with van der Waals surface area (Å²) in [5.41, 5.74) is 4.93. The van der Waals surface area contributed by atoms with Crippen LogP contribution < -0.4 is 11.3 Å². The number of hydrogen-bond acceptors (Lipinski definition) is 2. The third-order valence-corrected chi connectivity index (χ3v) is 4.17. The average Bonchev–Trinajstić information content (AvgIpc) is 2.48. The maximum absolute atomic E-state index is 14.0. The number of nitrogens with one attached hydrogen (secondary N) is 1. The molecule has 112 valence electrons. The van der Waals surface area contributed by atoms with Gasteiger partial charge in [-0.25, -0.2) is 8.78 Å². The SMILES string of the molecule is Cc1ccccc1CC(Cc1c(F)ccc(Br)c1F)NN. The lowest BCUT2D eigenvalue weighted by Gasteiger charge is -2.18. The van der Waals surface area contributed by atoms with Gasteiger partial charge in [0.2, 0.25) is 0 Å². The van der Waals surface area contributed by atoms with Crippen molar-refractivity contribution in [3.8, 4) is 0 Å². The summed E-state index contributed by atoms with van der Waals surface area (Å²) in [6.07, 6.45) is 0.788. The third-order valence-electron chi connectivity index (χ3n) is 3.55. The first-order valence-electron chi connectivity index (χ1n) is 6.66. The lowest BCUT2D eigenvalue weighted by molar-refractivity contribution is 0.482. The molecule has 2 nitrogen and oxygen atoms in total. The molecule has 21 heavy (non-hydrogen) atoms. The Bertz CT molecular complexity index is 632. The van der Waals surface area contributed by atoms with E-state index in [1.165, 1.54) is 12.1 Å². The summed E-state index contributed by atoms with van der Waals surface area (Å²) in [5, 5.41) is 0. The highest BCUT2D eigenvalue weighted by molar-refractivity contribution is 9.10. The molecule has 0 aromatic heterocycles. The van der Waals surface area contributed by atoms with Crippen molar-refractivity contribution in [2.75, 3.05) is 0 Å². The van der Waals surface area contributed by atoms with Crippen LogP contribution in [0.4, 0.5) is 8.78 Å². The third kappa shape index (κ3) is 3.87. The molecule has 0 fully saturated rings. The van der Waals surface area contributed by atoms with Crippen molar-refractivity contribution in [2.24, 2.45) is 5.84 Å². The first-order chi connectivity index (χ1) is 10.0. The summed E-state index contributed by atoms with van der Waals surface area (Å²) in [7, 11) is 0. The van der Waals surface area contributed by atoms with Gasteiger partial charge in [0.15, 0.2) is 0 Å². The second-order valence-electron chi connectivity index (χ2n) is 5.02. The molecule has 0 saturated carbocycles. The van der Waals surface area contributed by atoms with Crippen LogP contribution in [0, 0.1) is 18.6 Å². The Kier molecular flexibility index (Phi) is 5.45. The largest absolute Gasteiger partial charge is 0.271 e. The smallest absolute Gasteiger partial charge is 0.143 e. The van der Waals surface area contributed by atoms with Crippen LogP contribution in [0.15, 0.2) is 40.9 Å². The van der Waals surface area contributed by atoms with Crippen LogP contribution in [-0.2, 0) is 12.8 Å². The molecule has 0 aliphatic heterocycles. The molecule has 2 aromatic rings. The van der Waals surface area contributed by atoms with E-state index in [1.807, 2.05) is 31.2 Å². The molecule has 0 bridgehead atoms. The van der Waals surface area contributed by atoms with Crippen LogP contribution >= 0.6 is 15.9 Å². The minimum Gasteiger partial charge on any atom is -0.271 e. The molecule has 2 rings (SSSR count). The normalized spacial score (nSPS) is 12.4. The van der Waals surface area contributed by atoms with E-state index >= 15 is 0 Å². The van der Waals surface area contributed by atoms with E-state index < -0.39 is 11.6 Å². The highest BCUT2D eigenvalue weighted by Crippen LogP contribution is 2.23. The summed E-state index contributed by atoms with van der Waals surface area (Å²) in [4.78, 5) is 0. The number of hydrogen-bond donors (Lipinski definition) is 2. The van der Waals surface area contributed by atoms with E-state index in [4.69, 9.17) is 5.84 Å². The zero-order chi connectivity index (χ0) is 15.4. The fraction of sp³-hybridized carbons (Fsp3) is 0.250. The molecule has 0 radical (unpaired) electrons. The molecule has 5 heteroatoms.